The summed E-state index contributed by atoms with van der Waals surface area (Å²) >= 11 is 5.87. The molecular formula is C13H17ClFNO. The van der Waals surface area contributed by atoms with Gasteiger partial charge in [-0.3, -0.25) is 4.79 Å². The summed E-state index contributed by atoms with van der Waals surface area (Å²) in [5, 5.41) is 0.302. The van der Waals surface area contributed by atoms with E-state index in [4.69, 9.17) is 11.6 Å². The molecule has 0 aliphatic heterocycles. The third-order valence-electron chi connectivity index (χ3n) is 2.45. The topological polar surface area (TPSA) is 20.3 Å². The first-order chi connectivity index (χ1) is 7.91. The van der Waals surface area contributed by atoms with E-state index >= 15 is 0 Å². The summed E-state index contributed by atoms with van der Waals surface area (Å²) in [4.78, 5) is 13.5. The highest BCUT2D eigenvalue weighted by atomic mass is 35.5. The Morgan fingerprint density at radius 3 is 2.65 bits per heavy atom. The summed E-state index contributed by atoms with van der Waals surface area (Å²) < 4.78 is 13.5. The fourth-order valence-electron chi connectivity index (χ4n) is 1.64. The van der Waals surface area contributed by atoms with Crippen LogP contribution in [-0.2, 0) is 11.2 Å². The molecule has 1 aromatic carbocycles. The molecule has 2 nitrogen and oxygen atoms in total. The molecule has 0 unspecified atom stereocenters. The molecule has 0 heterocycles. The highest BCUT2D eigenvalue weighted by Gasteiger charge is 2.15. The van der Waals surface area contributed by atoms with Gasteiger partial charge in [-0.1, -0.05) is 31.5 Å². The van der Waals surface area contributed by atoms with E-state index in [1.165, 1.54) is 12.1 Å². The van der Waals surface area contributed by atoms with Crippen molar-refractivity contribution in [3.8, 4) is 0 Å². The van der Waals surface area contributed by atoms with Crippen LogP contribution in [0.1, 0.15) is 19.4 Å². The maximum absolute atomic E-state index is 13.5. The molecule has 0 aliphatic rings. The van der Waals surface area contributed by atoms with Crippen molar-refractivity contribution in [2.75, 3.05) is 13.6 Å². The second kappa shape index (κ2) is 6.01. The number of benzene rings is 1. The summed E-state index contributed by atoms with van der Waals surface area (Å²) in [7, 11) is 1.72. The quantitative estimate of drug-likeness (QED) is 0.812. The lowest BCUT2D eigenvalue weighted by Crippen LogP contribution is -2.31. The lowest BCUT2D eigenvalue weighted by Gasteiger charge is -2.19. The van der Waals surface area contributed by atoms with Crippen LogP contribution in [0.3, 0.4) is 0 Å². The molecule has 17 heavy (non-hydrogen) atoms. The highest BCUT2D eigenvalue weighted by molar-refractivity contribution is 6.31. The zero-order valence-corrected chi connectivity index (χ0v) is 11.1. The van der Waals surface area contributed by atoms with E-state index < -0.39 is 5.82 Å². The van der Waals surface area contributed by atoms with Crippen LogP contribution in [0.5, 0.6) is 0 Å². The van der Waals surface area contributed by atoms with Crippen LogP contribution in [0.4, 0.5) is 4.39 Å². The van der Waals surface area contributed by atoms with E-state index in [0.29, 0.717) is 17.5 Å². The van der Waals surface area contributed by atoms with Crippen LogP contribution < -0.4 is 0 Å². The number of amides is 1. The minimum Gasteiger partial charge on any atom is -0.345 e. The molecule has 0 atom stereocenters. The van der Waals surface area contributed by atoms with Crippen molar-refractivity contribution in [2.24, 2.45) is 5.92 Å². The van der Waals surface area contributed by atoms with Gasteiger partial charge in [0.15, 0.2) is 0 Å². The van der Waals surface area contributed by atoms with Gasteiger partial charge in [-0.2, -0.15) is 0 Å². The number of rotatable bonds is 4. The van der Waals surface area contributed by atoms with Crippen molar-refractivity contribution in [3.63, 3.8) is 0 Å². The van der Waals surface area contributed by atoms with Gasteiger partial charge in [0.1, 0.15) is 5.82 Å². The van der Waals surface area contributed by atoms with Crippen molar-refractivity contribution in [3.05, 3.63) is 34.6 Å². The van der Waals surface area contributed by atoms with Gasteiger partial charge < -0.3 is 4.90 Å². The van der Waals surface area contributed by atoms with Gasteiger partial charge >= 0.3 is 0 Å². The van der Waals surface area contributed by atoms with Crippen LogP contribution >= 0.6 is 11.6 Å². The highest BCUT2D eigenvalue weighted by Crippen LogP contribution is 2.20. The third kappa shape index (κ3) is 4.00. The predicted octanol–water partition coefficient (Wildman–Crippen LogP) is 3.14. The first-order valence-electron chi connectivity index (χ1n) is 5.58. The Morgan fingerprint density at radius 1 is 1.47 bits per heavy atom. The Balaban J connectivity index is 2.74. The van der Waals surface area contributed by atoms with Crippen LogP contribution in [0.2, 0.25) is 5.02 Å². The largest absolute Gasteiger partial charge is 0.345 e. The van der Waals surface area contributed by atoms with Crippen molar-refractivity contribution in [1.29, 1.82) is 0 Å². The number of carbonyl (C=O) groups excluding carboxylic acids is 1. The van der Waals surface area contributed by atoms with Crippen LogP contribution in [-0.4, -0.2) is 24.4 Å². The molecule has 0 saturated heterocycles. The zero-order valence-electron chi connectivity index (χ0n) is 10.3. The van der Waals surface area contributed by atoms with Gasteiger partial charge in [0, 0.05) is 24.2 Å². The summed E-state index contributed by atoms with van der Waals surface area (Å²) in [6.07, 6.45) is 0.00866. The maximum Gasteiger partial charge on any atom is 0.226 e. The molecule has 1 aromatic rings. The molecule has 94 valence electrons. The Labute approximate surface area is 106 Å². The second-order valence-corrected chi connectivity index (χ2v) is 4.95. The molecule has 0 spiro atoms. The third-order valence-corrected chi connectivity index (χ3v) is 2.81. The van der Waals surface area contributed by atoms with Crippen molar-refractivity contribution >= 4 is 17.5 Å². The molecule has 0 aliphatic carbocycles. The minimum absolute atomic E-state index is 0.00866. The minimum atomic E-state index is -0.427. The van der Waals surface area contributed by atoms with Gasteiger partial charge in [0.25, 0.3) is 0 Å². The molecule has 4 heteroatoms. The molecule has 1 rings (SSSR count). The molecule has 0 aromatic heterocycles. The summed E-state index contributed by atoms with van der Waals surface area (Å²) in [6, 6.07) is 4.44. The van der Waals surface area contributed by atoms with E-state index in [2.05, 4.69) is 0 Å². The number of hydrogen-bond donors (Lipinski definition) is 0. The van der Waals surface area contributed by atoms with E-state index in [0.717, 1.165) is 0 Å². The van der Waals surface area contributed by atoms with Crippen LogP contribution in [0.25, 0.3) is 0 Å². The average Bonchev–Trinajstić information content (AvgIpc) is 2.22. The van der Waals surface area contributed by atoms with Gasteiger partial charge in [-0.05, 0) is 18.1 Å². The van der Waals surface area contributed by atoms with Gasteiger partial charge in [-0.25, -0.2) is 4.39 Å². The fourth-order valence-corrected chi connectivity index (χ4v) is 1.87. The monoisotopic (exact) mass is 257 g/mol. The summed E-state index contributed by atoms with van der Waals surface area (Å²) in [5.74, 6) is -0.158. The standard InChI is InChI=1S/C13H17ClFNO/c1-9(2)8-16(3)13(17)7-10-11(14)5-4-6-12(10)15/h4-6,9H,7-8H2,1-3H3. The number of nitrogens with zero attached hydrogens (tertiary/aromatic N) is 1. The van der Waals surface area contributed by atoms with E-state index in [-0.39, 0.29) is 17.9 Å². The van der Waals surface area contributed by atoms with Crippen molar-refractivity contribution < 1.29 is 9.18 Å². The molecular weight excluding hydrogens is 241 g/mol. The molecule has 0 N–H and O–H groups in total. The van der Waals surface area contributed by atoms with Crippen molar-refractivity contribution in [1.82, 2.24) is 4.90 Å². The van der Waals surface area contributed by atoms with E-state index in [1.54, 1.807) is 18.0 Å². The van der Waals surface area contributed by atoms with Gasteiger partial charge in [0.2, 0.25) is 5.91 Å². The van der Waals surface area contributed by atoms with Crippen LogP contribution in [0.15, 0.2) is 18.2 Å². The number of hydrogen-bond acceptors (Lipinski definition) is 1. The number of halogens is 2. The Hall–Kier alpha value is -1.09. The average molecular weight is 258 g/mol. The first-order valence-corrected chi connectivity index (χ1v) is 5.96. The Bertz CT molecular complexity index is 386. The summed E-state index contributed by atoms with van der Waals surface area (Å²) in [5.41, 5.74) is 0.273. The number of likely N-dealkylation sites (N-methyl/N-ethyl adjacent to an activating group) is 1. The SMILES string of the molecule is CC(C)CN(C)C(=O)Cc1c(F)cccc1Cl. The lowest BCUT2D eigenvalue weighted by molar-refractivity contribution is -0.129. The predicted molar refractivity (Wildman–Crippen MR) is 67.6 cm³/mol. The molecule has 0 saturated carbocycles. The summed E-state index contributed by atoms with van der Waals surface area (Å²) in [6.45, 7) is 4.71. The fraction of sp³-hybridized carbons (Fsp3) is 0.462. The van der Waals surface area contributed by atoms with Crippen LogP contribution in [0, 0.1) is 11.7 Å². The van der Waals surface area contributed by atoms with Crippen molar-refractivity contribution in [2.45, 2.75) is 20.3 Å². The molecule has 0 fully saturated rings. The molecule has 1 amide bonds. The molecule has 0 bridgehead atoms. The normalized spacial score (nSPS) is 10.7. The smallest absolute Gasteiger partial charge is 0.226 e. The van der Waals surface area contributed by atoms with E-state index in [9.17, 15) is 9.18 Å². The first kappa shape index (κ1) is 14.0. The second-order valence-electron chi connectivity index (χ2n) is 4.55. The van der Waals surface area contributed by atoms with E-state index in [1.807, 2.05) is 13.8 Å². The lowest BCUT2D eigenvalue weighted by atomic mass is 10.1. The molecule has 0 radical (unpaired) electrons. The maximum atomic E-state index is 13.5. The number of carbonyl (C=O) groups is 1. The van der Waals surface area contributed by atoms with Gasteiger partial charge in [-0.15, -0.1) is 0 Å². The Morgan fingerprint density at radius 2 is 2.12 bits per heavy atom. The Kier molecular flexibility index (Phi) is 4.94. The van der Waals surface area contributed by atoms with Gasteiger partial charge in [0.05, 0.1) is 6.42 Å². The zero-order chi connectivity index (χ0) is 13.0.